The van der Waals surface area contributed by atoms with Crippen molar-refractivity contribution in [2.45, 2.75) is 32.2 Å². The number of para-hydroxylation sites is 1. The van der Waals surface area contributed by atoms with Gasteiger partial charge in [-0.2, -0.15) is 0 Å². The van der Waals surface area contributed by atoms with Crippen LogP contribution in [0.15, 0.2) is 18.2 Å². The predicted octanol–water partition coefficient (Wildman–Crippen LogP) is 2.75. The van der Waals surface area contributed by atoms with Crippen molar-refractivity contribution in [2.24, 2.45) is 0 Å². The molecule has 2 rings (SSSR count). The van der Waals surface area contributed by atoms with E-state index in [-0.39, 0.29) is 6.29 Å². The SMILES string of the molecule is COc1cccc(COC2CCCCO2)c1OC. The smallest absolute Gasteiger partial charge is 0.166 e. The van der Waals surface area contributed by atoms with Crippen molar-refractivity contribution in [3.05, 3.63) is 23.8 Å². The molecule has 1 atom stereocenters. The van der Waals surface area contributed by atoms with Gasteiger partial charge in [0.2, 0.25) is 0 Å². The number of hydrogen-bond acceptors (Lipinski definition) is 4. The number of methoxy groups -OCH3 is 2. The summed E-state index contributed by atoms with van der Waals surface area (Å²) in [7, 11) is 3.27. The zero-order valence-corrected chi connectivity index (χ0v) is 11.0. The van der Waals surface area contributed by atoms with Crippen LogP contribution in [0, 0.1) is 0 Å². The van der Waals surface area contributed by atoms with Gasteiger partial charge in [-0.15, -0.1) is 0 Å². The first-order chi connectivity index (χ1) is 8.85. The zero-order valence-electron chi connectivity index (χ0n) is 11.0. The monoisotopic (exact) mass is 252 g/mol. The quantitative estimate of drug-likeness (QED) is 0.807. The van der Waals surface area contributed by atoms with Gasteiger partial charge in [0.25, 0.3) is 0 Å². The van der Waals surface area contributed by atoms with Crippen LogP contribution < -0.4 is 9.47 Å². The number of benzene rings is 1. The van der Waals surface area contributed by atoms with Gasteiger partial charge in [0.1, 0.15) is 0 Å². The Morgan fingerprint density at radius 3 is 2.78 bits per heavy atom. The van der Waals surface area contributed by atoms with E-state index in [1.807, 2.05) is 18.2 Å². The van der Waals surface area contributed by atoms with Crippen molar-refractivity contribution in [3.63, 3.8) is 0 Å². The van der Waals surface area contributed by atoms with Crippen LogP contribution in [-0.2, 0) is 16.1 Å². The van der Waals surface area contributed by atoms with Gasteiger partial charge in [-0.1, -0.05) is 12.1 Å². The molecule has 1 aliphatic rings. The summed E-state index contributed by atoms with van der Waals surface area (Å²) < 4.78 is 21.9. The molecule has 1 heterocycles. The summed E-state index contributed by atoms with van der Waals surface area (Å²) >= 11 is 0. The lowest BCUT2D eigenvalue weighted by Crippen LogP contribution is -2.22. The molecule has 1 aromatic rings. The highest BCUT2D eigenvalue weighted by atomic mass is 16.7. The van der Waals surface area contributed by atoms with Crippen molar-refractivity contribution in [2.75, 3.05) is 20.8 Å². The summed E-state index contributed by atoms with van der Waals surface area (Å²) in [6, 6.07) is 5.78. The van der Waals surface area contributed by atoms with Crippen LogP contribution in [0.2, 0.25) is 0 Å². The molecule has 0 N–H and O–H groups in total. The second kappa shape index (κ2) is 6.61. The summed E-state index contributed by atoms with van der Waals surface area (Å²) in [6.45, 7) is 1.27. The van der Waals surface area contributed by atoms with Gasteiger partial charge < -0.3 is 18.9 Å². The van der Waals surface area contributed by atoms with Gasteiger partial charge in [-0.25, -0.2) is 0 Å². The Bertz CT molecular complexity index is 372. The minimum atomic E-state index is -0.0883. The molecule has 18 heavy (non-hydrogen) atoms. The molecule has 1 aliphatic heterocycles. The fourth-order valence-electron chi connectivity index (χ4n) is 2.09. The Morgan fingerprint density at radius 2 is 2.11 bits per heavy atom. The summed E-state index contributed by atoms with van der Waals surface area (Å²) in [6.07, 6.45) is 3.17. The Kier molecular flexibility index (Phi) is 4.84. The molecule has 1 aromatic carbocycles. The summed E-state index contributed by atoms with van der Waals surface area (Å²) in [4.78, 5) is 0. The molecule has 0 spiro atoms. The van der Waals surface area contributed by atoms with E-state index in [1.165, 1.54) is 6.42 Å². The Hall–Kier alpha value is -1.26. The van der Waals surface area contributed by atoms with Gasteiger partial charge in [0.15, 0.2) is 17.8 Å². The number of hydrogen-bond donors (Lipinski definition) is 0. The molecule has 0 amide bonds. The van der Waals surface area contributed by atoms with E-state index in [2.05, 4.69) is 0 Å². The Labute approximate surface area is 108 Å². The summed E-state index contributed by atoms with van der Waals surface area (Å²) in [5.41, 5.74) is 0.978. The lowest BCUT2D eigenvalue weighted by Gasteiger charge is -2.23. The van der Waals surface area contributed by atoms with Crippen molar-refractivity contribution in [1.82, 2.24) is 0 Å². The molecule has 1 unspecified atom stereocenters. The molecular formula is C14H20O4. The topological polar surface area (TPSA) is 36.9 Å². The molecular weight excluding hydrogens is 232 g/mol. The molecule has 100 valence electrons. The van der Waals surface area contributed by atoms with E-state index in [4.69, 9.17) is 18.9 Å². The fourth-order valence-corrected chi connectivity index (χ4v) is 2.09. The second-order valence-electron chi connectivity index (χ2n) is 4.26. The van der Waals surface area contributed by atoms with Crippen LogP contribution in [0.4, 0.5) is 0 Å². The van der Waals surface area contributed by atoms with E-state index in [9.17, 15) is 0 Å². The third kappa shape index (κ3) is 3.15. The zero-order chi connectivity index (χ0) is 12.8. The largest absolute Gasteiger partial charge is 0.493 e. The van der Waals surface area contributed by atoms with E-state index < -0.39 is 0 Å². The van der Waals surface area contributed by atoms with E-state index >= 15 is 0 Å². The molecule has 0 aromatic heterocycles. The first kappa shape index (κ1) is 13.2. The van der Waals surface area contributed by atoms with E-state index in [0.717, 1.165) is 36.5 Å². The van der Waals surface area contributed by atoms with Crippen LogP contribution in [0.3, 0.4) is 0 Å². The highest BCUT2D eigenvalue weighted by Gasteiger charge is 2.16. The fraction of sp³-hybridized carbons (Fsp3) is 0.571. The second-order valence-corrected chi connectivity index (χ2v) is 4.26. The normalized spacial score (nSPS) is 19.6. The molecule has 4 heteroatoms. The van der Waals surface area contributed by atoms with Gasteiger partial charge in [-0.3, -0.25) is 0 Å². The predicted molar refractivity (Wildman–Crippen MR) is 67.9 cm³/mol. The van der Waals surface area contributed by atoms with Crippen molar-refractivity contribution < 1.29 is 18.9 Å². The first-order valence-electron chi connectivity index (χ1n) is 6.28. The minimum Gasteiger partial charge on any atom is -0.493 e. The third-order valence-corrected chi connectivity index (χ3v) is 3.05. The standard InChI is InChI=1S/C14H20O4/c1-15-12-7-5-6-11(14(12)16-2)10-18-13-8-3-4-9-17-13/h5-7,13H,3-4,8-10H2,1-2H3. The Morgan fingerprint density at radius 1 is 1.22 bits per heavy atom. The number of ether oxygens (including phenoxy) is 4. The molecule has 4 nitrogen and oxygen atoms in total. The average molecular weight is 252 g/mol. The Balaban J connectivity index is 1.99. The van der Waals surface area contributed by atoms with Crippen LogP contribution in [-0.4, -0.2) is 27.1 Å². The lowest BCUT2D eigenvalue weighted by molar-refractivity contribution is -0.169. The average Bonchev–Trinajstić information content (AvgIpc) is 2.45. The number of rotatable bonds is 5. The third-order valence-electron chi connectivity index (χ3n) is 3.05. The van der Waals surface area contributed by atoms with Crippen LogP contribution >= 0.6 is 0 Å². The summed E-state index contributed by atoms with van der Waals surface area (Å²) in [5.74, 6) is 1.46. The first-order valence-corrected chi connectivity index (χ1v) is 6.28. The minimum absolute atomic E-state index is 0.0883. The van der Waals surface area contributed by atoms with Crippen molar-refractivity contribution in [3.8, 4) is 11.5 Å². The van der Waals surface area contributed by atoms with Gasteiger partial charge in [0, 0.05) is 12.2 Å². The van der Waals surface area contributed by atoms with Crippen LogP contribution in [0.25, 0.3) is 0 Å². The molecule has 0 saturated carbocycles. The van der Waals surface area contributed by atoms with Gasteiger partial charge in [0.05, 0.1) is 20.8 Å². The van der Waals surface area contributed by atoms with Gasteiger partial charge in [-0.05, 0) is 25.3 Å². The maximum absolute atomic E-state index is 5.75. The maximum Gasteiger partial charge on any atom is 0.166 e. The summed E-state index contributed by atoms with van der Waals surface area (Å²) in [5, 5.41) is 0. The molecule has 0 radical (unpaired) electrons. The van der Waals surface area contributed by atoms with Gasteiger partial charge >= 0.3 is 0 Å². The van der Waals surface area contributed by atoms with Crippen LogP contribution in [0.5, 0.6) is 11.5 Å². The molecule has 0 aliphatic carbocycles. The highest BCUT2D eigenvalue weighted by Crippen LogP contribution is 2.31. The van der Waals surface area contributed by atoms with E-state index in [0.29, 0.717) is 6.61 Å². The molecule has 1 fully saturated rings. The molecule has 0 bridgehead atoms. The maximum atomic E-state index is 5.75. The molecule has 1 saturated heterocycles. The lowest BCUT2D eigenvalue weighted by atomic mass is 10.2. The van der Waals surface area contributed by atoms with Crippen molar-refractivity contribution >= 4 is 0 Å². The van der Waals surface area contributed by atoms with Crippen LogP contribution in [0.1, 0.15) is 24.8 Å². The van der Waals surface area contributed by atoms with E-state index in [1.54, 1.807) is 14.2 Å². The van der Waals surface area contributed by atoms with Crippen molar-refractivity contribution in [1.29, 1.82) is 0 Å². The highest BCUT2D eigenvalue weighted by molar-refractivity contribution is 5.46.